The second-order valence-corrected chi connectivity index (χ2v) is 9.29. The molecule has 7 nitrogen and oxygen atoms in total. The molecule has 0 aliphatic heterocycles. The minimum atomic E-state index is -0.683. The molecule has 200 valence electrons. The SMILES string of the molecule is CCCCc1nc(C)c(-c2ccc(F)cc2)c(=O)n1Cc1ccc(-c2ccccc2-c2noc(=O)[nH]2)cc1F.[KH]. The molecular formula is C30H27F2KN4O3. The van der Waals surface area contributed by atoms with Crippen molar-refractivity contribution in [1.29, 1.82) is 0 Å². The molecule has 0 bridgehead atoms. The Morgan fingerprint density at radius 2 is 1.65 bits per heavy atom. The number of nitrogens with one attached hydrogen (secondary N) is 1. The van der Waals surface area contributed by atoms with Crippen molar-refractivity contribution >= 4 is 51.4 Å². The van der Waals surface area contributed by atoms with E-state index in [1.807, 2.05) is 6.92 Å². The van der Waals surface area contributed by atoms with E-state index in [0.717, 1.165) is 12.8 Å². The predicted octanol–water partition coefficient (Wildman–Crippen LogP) is 5.25. The summed E-state index contributed by atoms with van der Waals surface area (Å²) in [5.41, 5.74) is 3.30. The molecular weight excluding hydrogens is 541 g/mol. The number of halogens is 2. The Kier molecular flexibility index (Phi) is 9.80. The van der Waals surface area contributed by atoms with Crippen LogP contribution in [-0.2, 0) is 13.0 Å². The maximum absolute atomic E-state index is 15.6. The van der Waals surface area contributed by atoms with Crippen molar-refractivity contribution in [3.63, 3.8) is 0 Å². The molecule has 40 heavy (non-hydrogen) atoms. The molecule has 0 radical (unpaired) electrons. The van der Waals surface area contributed by atoms with E-state index in [1.54, 1.807) is 55.5 Å². The van der Waals surface area contributed by atoms with Crippen molar-refractivity contribution in [2.45, 2.75) is 39.7 Å². The number of aryl methyl sites for hydroxylation is 2. The molecule has 0 spiro atoms. The number of aromatic amines is 1. The van der Waals surface area contributed by atoms with E-state index in [2.05, 4.69) is 14.7 Å². The molecule has 2 aromatic heterocycles. The van der Waals surface area contributed by atoms with Crippen LogP contribution >= 0.6 is 0 Å². The molecule has 5 rings (SSSR count). The van der Waals surface area contributed by atoms with Crippen LogP contribution in [0.3, 0.4) is 0 Å². The van der Waals surface area contributed by atoms with Gasteiger partial charge in [-0.15, -0.1) is 0 Å². The number of hydrogen-bond acceptors (Lipinski definition) is 5. The molecule has 5 aromatic rings. The van der Waals surface area contributed by atoms with Crippen molar-refractivity contribution < 1.29 is 13.3 Å². The average molecular weight is 569 g/mol. The molecule has 0 saturated heterocycles. The molecule has 2 heterocycles. The zero-order valence-corrected chi connectivity index (χ0v) is 21.5. The molecule has 1 N–H and O–H groups in total. The van der Waals surface area contributed by atoms with Crippen LogP contribution in [0.15, 0.2) is 80.8 Å². The van der Waals surface area contributed by atoms with Gasteiger partial charge in [0, 0.05) is 17.5 Å². The fourth-order valence-electron chi connectivity index (χ4n) is 4.66. The van der Waals surface area contributed by atoms with Crippen molar-refractivity contribution in [1.82, 2.24) is 19.7 Å². The van der Waals surface area contributed by atoms with Gasteiger partial charge in [0.2, 0.25) is 0 Å². The van der Waals surface area contributed by atoms with Crippen molar-refractivity contribution in [3.05, 3.63) is 116 Å². The zero-order valence-electron chi connectivity index (χ0n) is 21.5. The average Bonchev–Trinajstić information content (AvgIpc) is 3.37. The molecule has 0 aliphatic carbocycles. The van der Waals surface area contributed by atoms with E-state index in [4.69, 9.17) is 4.98 Å². The number of unbranched alkanes of at least 4 members (excludes halogenated alkanes) is 1. The van der Waals surface area contributed by atoms with Crippen LogP contribution < -0.4 is 11.3 Å². The van der Waals surface area contributed by atoms with Gasteiger partial charge in [-0.2, -0.15) is 0 Å². The van der Waals surface area contributed by atoms with E-state index in [9.17, 15) is 14.0 Å². The van der Waals surface area contributed by atoms with Gasteiger partial charge >= 0.3 is 57.1 Å². The summed E-state index contributed by atoms with van der Waals surface area (Å²) in [7, 11) is 0. The maximum atomic E-state index is 15.6. The number of nitrogens with zero attached hydrogens (tertiary/aromatic N) is 3. The predicted molar refractivity (Wildman–Crippen MR) is 151 cm³/mol. The van der Waals surface area contributed by atoms with Gasteiger partial charge in [0.25, 0.3) is 5.56 Å². The van der Waals surface area contributed by atoms with Crippen molar-refractivity contribution in [2.24, 2.45) is 0 Å². The summed E-state index contributed by atoms with van der Waals surface area (Å²) in [4.78, 5) is 32.4. The fraction of sp³-hybridized carbons (Fsp3) is 0.200. The van der Waals surface area contributed by atoms with Crippen molar-refractivity contribution in [2.75, 3.05) is 0 Å². The number of benzene rings is 3. The van der Waals surface area contributed by atoms with Crippen LogP contribution in [0.5, 0.6) is 0 Å². The molecule has 0 unspecified atom stereocenters. The van der Waals surface area contributed by atoms with E-state index in [-0.39, 0.29) is 69.3 Å². The van der Waals surface area contributed by atoms with Crippen LogP contribution in [0.1, 0.15) is 36.8 Å². The normalized spacial score (nSPS) is 10.9. The fourth-order valence-corrected chi connectivity index (χ4v) is 4.66. The summed E-state index contributed by atoms with van der Waals surface area (Å²) >= 11 is 0. The van der Waals surface area contributed by atoms with Gasteiger partial charge in [-0.05, 0) is 48.2 Å². The molecule has 0 fully saturated rings. The summed E-state index contributed by atoms with van der Waals surface area (Å²) in [5.74, 6) is -0.756. The van der Waals surface area contributed by atoms with Gasteiger partial charge in [0.05, 0.1) is 17.8 Å². The van der Waals surface area contributed by atoms with Crippen LogP contribution in [-0.4, -0.2) is 71.1 Å². The van der Waals surface area contributed by atoms with Gasteiger partial charge in [0.15, 0.2) is 5.82 Å². The molecule has 0 atom stereocenters. The zero-order chi connectivity index (χ0) is 27.5. The minimum absolute atomic E-state index is 0. The van der Waals surface area contributed by atoms with E-state index in [0.29, 0.717) is 51.3 Å². The summed E-state index contributed by atoms with van der Waals surface area (Å²) in [6, 6.07) is 17.6. The molecule has 0 aliphatic rings. The van der Waals surface area contributed by atoms with Gasteiger partial charge in [-0.3, -0.25) is 18.9 Å². The Labute approximate surface area is 271 Å². The number of aromatic nitrogens is 4. The molecule has 10 heteroatoms. The van der Waals surface area contributed by atoms with Crippen LogP contribution in [0.4, 0.5) is 8.78 Å². The van der Waals surface area contributed by atoms with Crippen LogP contribution in [0.25, 0.3) is 33.6 Å². The number of rotatable bonds is 8. The van der Waals surface area contributed by atoms with E-state index >= 15 is 4.39 Å². The molecule has 0 amide bonds. The van der Waals surface area contributed by atoms with E-state index in [1.165, 1.54) is 22.8 Å². The first-order valence-corrected chi connectivity index (χ1v) is 12.7. The standard InChI is InChI=1S/C30H26F2N4O3.K.H/c1-3-4-9-26-33-18(2)27(19-12-14-22(31)15-13-19)29(37)36(26)17-21-11-10-20(16-25(21)32)23-7-5-6-8-24(23)28-34-30(38)39-35-28;;/h5-8,10-16H,3-4,9,17H2,1-2H3,(H,34,35,38);;. The Bertz CT molecular complexity index is 1760. The summed E-state index contributed by atoms with van der Waals surface area (Å²) in [6.45, 7) is 3.80. The summed E-state index contributed by atoms with van der Waals surface area (Å²) < 4.78 is 35.2. The monoisotopic (exact) mass is 568 g/mol. The van der Waals surface area contributed by atoms with Gasteiger partial charge in [0.1, 0.15) is 17.5 Å². The van der Waals surface area contributed by atoms with E-state index < -0.39 is 17.4 Å². The second kappa shape index (κ2) is 13.1. The Balaban J connectivity index is 0.00000370. The Hall–Kier alpha value is -3.02. The van der Waals surface area contributed by atoms with Crippen molar-refractivity contribution in [3.8, 4) is 33.6 Å². The van der Waals surface area contributed by atoms with Gasteiger partial charge in [-0.25, -0.2) is 18.6 Å². The molecule has 0 saturated carbocycles. The van der Waals surface area contributed by atoms with Gasteiger partial charge in [-0.1, -0.05) is 67.0 Å². The van der Waals surface area contributed by atoms with Crippen LogP contribution in [0, 0.1) is 18.6 Å². The first kappa shape index (κ1) is 29.9. The third-order valence-electron chi connectivity index (χ3n) is 6.63. The number of H-pyrrole nitrogens is 1. The second-order valence-electron chi connectivity index (χ2n) is 9.29. The van der Waals surface area contributed by atoms with Gasteiger partial charge < -0.3 is 0 Å². The molecule has 3 aromatic carbocycles. The quantitative estimate of drug-likeness (QED) is 0.258. The Morgan fingerprint density at radius 3 is 2.30 bits per heavy atom. The van der Waals surface area contributed by atoms with Crippen LogP contribution in [0.2, 0.25) is 0 Å². The first-order valence-electron chi connectivity index (χ1n) is 12.7. The Morgan fingerprint density at radius 1 is 0.950 bits per heavy atom. The summed E-state index contributed by atoms with van der Waals surface area (Å²) in [5, 5.41) is 3.75. The number of hydrogen-bond donors (Lipinski definition) is 1. The topological polar surface area (TPSA) is 93.8 Å². The third kappa shape index (κ3) is 6.31. The first-order chi connectivity index (χ1) is 18.9. The summed E-state index contributed by atoms with van der Waals surface area (Å²) in [6.07, 6.45) is 2.30. The third-order valence-corrected chi connectivity index (χ3v) is 6.63.